The third-order valence-electron chi connectivity index (χ3n) is 3.49. The zero-order valence-corrected chi connectivity index (χ0v) is 15.3. The maximum Gasteiger partial charge on any atom is 0.414 e. The van der Waals surface area contributed by atoms with Crippen molar-refractivity contribution in [2.24, 2.45) is 0 Å². The van der Waals surface area contributed by atoms with Crippen LogP contribution in [0.5, 0.6) is 0 Å². The summed E-state index contributed by atoms with van der Waals surface area (Å²) in [5.74, 6) is -0.791. The third-order valence-corrected chi connectivity index (χ3v) is 4.36. The highest BCUT2D eigenvalue weighted by Gasteiger charge is 2.33. The zero-order chi connectivity index (χ0) is 18.0. The molecule has 25 heavy (non-hydrogen) atoms. The molecule has 1 aromatic heterocycles. The molecule has 2 heterocycles. The quantitative estimate of drug-likeness (QED) is 0.502. The van der Waals surface area contributed by atoms with Crippen LogP contribution in [0.2, 0.25) is 0 Å². The highest BCUT2D eigenvalue weighted by Crippen LogP contribution is 2.25. The fourth-order valence-corrected chi connectivity index (χ4v) is 2.69. The van der Waals surface area contributed by atoms with E-state index in [-0.39, 0.29) is 19.0 Å². The van der Waals surface area contributed by atoms with Crippen LogP contribution in [0, 0.1) is 9.39 Å². The predicted octanol–water partition coefficient (Wildman–Crippen LogP) is 2.11. The summed E-state index contributed by atoms with van der Waals surface area (Å²) >= 11 is 1.88. The number of hydrogen-bond acceptors (Lipinski definition) is 6. The molecule has 0 aliphatic carbocycles. The van der Waals surface area contributed by atoms with Gasteiger partial charge in [-0.3, -0.25) is 9.69 Å². The Morgan fingerprint density at radius 3 is 3.04 bits per heavy atom. The Hall–Kier alpha value is -2.24. The van der Waals surface area contributed by atoms with Crippen LogP contribution >= 0.6 is 22.6 Å². The molecule has 1 amide bonds. The summed E-state index contributed by atoms with van der Waals surface area (Å²) in [6.45, 7) is 1.92. The van der Waals surface area contributed by atoms with E-state index in [1.165, 1.54) is 22.6 Å². The number of esters is 1. The second-order valence-corrected chi connectivity index (χ2v) is 6.59. The summed E-state index contributed by atoms with van der Waals surface area (Å²) in [4.78, 5) is 24.2. The highest BCUT2D eigenvalue weighted by molar-refractivity contribution is 14.1. The lowest BCUT2D eigenvalue weighted by Gasteiger charge is -2.13. The van der Waals surface area contributed by atoms with Gasteiger partial charge in [-0.15, -0.1) is 5.10 Å². The number of aromatic nitrogens is 3. The van der Waals surface area contributed by atoms with Crippen LogP contribution in [-0.4, -0.2) is 39.7 Å². The minimum atomic E-state index is -0.536. The SMILES string of the molecule is CC(=O)OCc1cn(CC2CN(c3ccc(I)c(F)c3)C(=O)O2)nn1. The van der Waals surface area contributed by atoms with E-state index >= 15 is 0 Å². The van der Waals surface area contributed by atoms with E-state index < -0.39 is 18.2 Å². The van der Waals surface area contributed by atoms with Crippen LogP contribution in [0.1, 0.15) is 12.6 Å². The number of ether oxygens (including phenoxy) is 2. The molecule has 1 atom stereocenters. The van der Waals surface area contributed by atoms with Gasteiger partial charge in [-0.05, 0) is 40.8 Å². The van der Waals surface area contributed by atoms with Crippen LogP contribution in [0.15, 0.2) is 24.4 Å². The average molecular weight is 460 g/mol. The second kappa shape index (κ2) is 7.33. The van der Waals surface area contributed by atoms with Crippen molar-refractivity contribution in [3.63, 3.8) is 0 Å². The smallest absolute Gasteiger partial charge is 0.414 e. The molecule has 1 aliphatic heterocycles. The minimum absolute atomic E-state index is 0.0356. The molecule has 0 bridgehead atoms. The van der Waals surface area contributed by atoms with Crippen molar-refractivity contribution in [3.05, 3.63) is 39.5 Å². The molecule has 1 aromatic carbocycles. The van der Waals surface area contributed by atoms with Gasteiger partial charge in [-0.25, -0.2) is 13.9 Å². The molecule has 1 fully saturated rings. The van der Waals surface area contributed by atoms with Gasteiger partial charge in [0.25, 0.3) is 0 Å². The first-order valence-corrected chi connectivity index (χ1v) is 8.46. The standard InChI is InChI=1S/C15H14FIN4O4/c1-9(22)24-8-10-5-20(19-18-10)6-12-7-21(15(23)25-12)11-2-3-14(17)13(16)4-11/h2-5,12H,6-8H2,1H3. The first kappa shape index (κ1) is 17.6. The number of anilines is 1. The van der Waals surface area contributed by atoms with Crippen molar-refractivity contribution in [2.45, 2.75) is 26.2 Å². The molecule has 0 N–H and O–H groups in total. The van der Waals surface area contributed by atoms with E-state index in [1.807, 2.05) is 22.6 Å². The van der Waals surface area contributed by atoms with Gasteiger partial charge in [0.2, 0.25) is 0 Å². The van der Waals surface area contributed by atoms with Gasteiger partial charge in [0, 0.05) is 10.5 Å². The molecule has 10 heteroatoms. The largest absolute Gasteiger partial charge is 0.459 e. The van der Waals surface area contributed by atoms with Gasteiger partial charge in [0.15, 0.2) is 0 Å². The first-order valence-electron chi connectivity index (χ1n) is 7.38. The van der Waals surface area contributed by atoms with Crippen molar-refractivity contribution in [2.75, 3.05) is 11.4 Å². The molecule has 1 unspecified atom stereocenters. The summed E-state index contributed by atoms with van der Waals surface area (Å²) in [5.41, 5.74) is 0.940. The van der Waals surface area contributed by atoms with Crippen LogP contribution in [0.4, 0.5) is 14.9 Å². The van der Waals surface area contributed by atoms with E-state index in [9.17, 15) is 14.0 Å². The number of carbonyl (C=O) groups excluding carboxylic acids is 2. The van der Waals surface area contributed by atoms with Gasteiger partial charge >= 0.3 is 12.1 Å². The maximum atomic E-state index is 13.7. The lowest BCUT2D eigenvalue weighted by Crippen LogP contribution is -2.26. The van der Waals surface area contributed by atoms with Gasteiger partial charge < -0.3 is 9.47 Å². The molecule has 3 rings (SSSR count). The zero-order valence-electron chi connectivity index (χ0n) is 13.2. The first-order chi connectivity index (χ1) is 11.9. The highest BCUT2D eigenvalue weighted by atomic mass is 127. The van der Waals surface area contributed by atoms with E-state index in [4.69, 9.17) is 9.47 Å². The van der Waals surface area contributed by atoms with Gasteiger partial charge in [0.05, 0.1) is 25.0 Å². The molecule has 0 radical (unpaired) electrons. The van der Waals surface area contributed by atoms with Crippen LogP contribution in [0.25, 0.3) is 0 Å². The Balaban J connectivity index is 1.62. The van der Waals surface area contributed by atoms with E-state index in [1.54, 1.807) is 18.3 Å². The third kappa shape index (κ3) is 4.24. The van der Waals surface area contributed by atoms with E-state index in [2.05, 4.69) is 10.3 Å². The fourth-order valence-electron chi connectivity index (χ4n) is 2.36. The summed E-state index contributed by atoms with van der Waals surface area (Å²) in [6.07, 6.45) is 0.633. The van der Waals surface area contributed by atoms with E-state index in [0.717, 1.165) is 0 Å². The second-order valence-electron chi connectivity index (χ2n) is 5.43. The number of nitrogens with zero attached hydrogens (tertiary/aromatic N) is 4. The van der Waals surface area contributed by atoms with Gasteiger partial charge in [0.1, 0.15) is 24.2 Å². The Morgan fingerprint density at radius 2 is 2.32 bits per heavy atom. The fraction of sp³-hybridized carbons (Fsp3) is 0.333. The Morgan fingerprint density at radius 1 is 1.52 bits per heavy atom. The van der Waals surface area contributed by atoms with Gasteiger partial charge in [-0.2, -0.15) is 0 Å². The number of rotatable bonds is 5. The van der Waals surface area contributed by atoms with Crippen molar-refractivity contribution in [1.29, 1.82) is 0 Å². The number of carbonyl (C=O) groups is 2. The molecule has 8 nitrogen and oxygen atoms in total. The summed E-state index contributed by atoms with van der Waals surface area (Å²) < 4.78 is 25.8. The van der Waals surface area contributed by atoms with Crippen LogP contribution in [-0.2, 0) is 27.4 Å². The van der Waals surface area contributed by atoms with Crippen molar-refractivity contribution < 1.29 is 23.5 Å². The molecular formula is C15H14FIN4O4. The normalized spacial score (nSPS) is 16.8. The van der Waals surface area contributed by atoms with Crippen LogP contribution in [0.3, 0.4) is 0 Å². The molecule has 0 spiro atoms. The number of benzene rings is 1. The molecule has 2 aromatic rings. The maximum absolute atomic E-state index is 13.7. The minimum Gasteiger partial charge on any atom is -0.459 e. The van der Waals surface area contributed by atoms with Crippen molar-refractivity contribution in [3.8, 4) is 0 Å². The molecule has 0 saturated carbocycles. The predicted molar refractivity (Wildman–Crippen MR) is 92.2 cm³/mol. The Labute approximate surface area is 156 Å². The molecule has 132 valence electrons. The molecule has 1 aliphatic rings. The monoisotopic (exact) mass is 460 g/mol. The average Bonchev–Trinajstić information content (AvgIpc) is 3.15. The van der Waals surface area contributed by atoms with Crippen molar-refractivity contribution in [1.82, 2.24) is 15.0 Å². The summed E-state index contributed by atoms with van der Waals surface area (Å²) in [6, 6.07) is 4.57. The Bertz CT molecular complexity index is 813. The molecule has 1 saturated heterocycles. The van der Waals surface area contributed by atoms with Crippen LogP contribution < -0.4 is 4.90 Å². The number of cyclic esters (lactones) is 1. The van der Waals surface area contributed by atoms with Crippen molar-refractivity contribution >= 4 is 40.3 Å². The van der Waals surface area contributed by atoms with Gasteiger partial charge in [-0.1, -0.05) is 5.21 Å². The Kier molecular flexibility index (Phi) is 5.16. The molecular weight excluding hydrogens is 446 g/mol. The summed E-state index contributed by atoms with van der Waals surface area (Å²) in [5, 5.41) is 7.79. The number of halogens is 2. The number of hydrogen-bond donors (Lipinski definition) is 0. The topological polar surface area (TPSA) is 86.5 Å². The lowest BCUT2D eigenvalue weighted by molar-refractivity contribution is -0.142. The summed E-state index contributed by atoms with van der Waals surface area (Å²) in [7, 11) is 0. The lowest BCUT2D eigenvalue weighted by atomic mass is 10.2. The van der Waals surface area contributed by atoms with E-state index in [0.29, 0.717) is 21.5 Å². The number of amides is 1.